The molecular weight excluding hydrogens is 196 g/mol. The van der Waals surface area contributed by atoms with E-state index < -0.39 is 20.6 Å². The molecule has 12 heavy (non-hydrogen) atoms. The van der Waals surface area contributed by atoms with Crippen LogP contribution in [0.15, 0.2) is 0 Å². The van der Waals surface area contributed by atoms with Crippen LogP contribution >= 0.6 is 0 Å². The van der Waals surface area contributed by atoms with Gasteiger partial charge >= 0.3 is 0 Å². The van der Waals surface area contributed by atoms with Gasteiger partial charge in [0.2, 0.25) is 0 Å². The molecule has 0 radical (unpaired) electrons. The van der Waals surface area contributed by atoms with Crippen molar-refractivity contribution >= 4 is 20.6 Å². The molecule has 0 saturated heterocycles. The van der Waals surface area contributed by atoms with E-state index in [0.717, 1.165) is 0 Å². The minimum absolute atomic E-state index is 0.000725. The van der Waals surface area contributed by atoms with Gasteiger partial charge in [0.15, 0.2) is 0 Å². The van der Waals surface area contributed by atoms with Gasteiger partial charge in [0.05, 0.1) is 5.75 Å². The summed E-state index contributed by atoms with van der Waals surface area (Å²) < 4.78 is 32.6. The lowest BCUT2D eigenvalue weighted by molar-refractivity contribution is 0.588. The van der Waals surface area contributed by atoms with Gasteiger partial charge in [-0.25, -0.2) is 8.42 Å². The minimum atomic E-state index is -2.91. The summed E-state index contributed by atoms with van der Waals surface area (Å²) in [7, 11) is -3.77. The summed E-state index contributed by atoms with van der Waals surface area (Å²) in [6, 6.07) is 0. The van der Waals surface area contributed by atoms with Crippen LogP contribution in [0.25, 0.3) is 0 Å². The predicted octanol–water partition coefficient (Wildman–Crippen LogP) is 0.436. The first kappa shape index (κ1) is 12.1. The topological polar surface area (TPSA) is 51.2 Å². The number of hydrogen-bond acceptors (Lipinski definition) is 3. The Bertz CT molecular complexity index is 243. The van der Waals surface area contributed by atoms with Crippen LogP contribution in [0, 0.1) is 5.92 Å². The van der Waals surface area contributed by atoms with Gasteiger partial charge in [-0.05, 0) is 5.92 Å². The minimum Gasteiger partial charge on any atom is -0.260 e. The summed E-state index contributed by atoms with van der Waals surface area (Å²) in [5, 5.41) is 0. The SMILES string of the molecule is CC[S@@](=O)C[C@@H](C)CS(C)(=O)=O. The largest absolute Gasteiger partial charge is 0.260 e. The second-order valence-corrected chi connectivity index (χ2v) is 7.07. The third-order valence-corrected chi connectivity index (χ3v) is 4.14. The van der Waals surface area contributed by atoms with Crippen LogP contribution in [0.2, 0.25) is 0 Å². The van der Waals surface area contributed by atoms with E-state index in [1.807, 2.05) is 13.8 Å². The monoisotopic (exact) mass is 212 g/mol. The van der Waals surface area contributed by atoms with E-state index in [1.165, 1.54) is 6.26 Å². The summed E-state index contributed by atoms with van der Waals surface area (Å²) in [4.78, 5) is 0. The molecule has 0 saturated carbocycles. The van der Waals surface area contributed by atoms with Crippen LogP contribution in [0.5, 0.6) is 0 Å². The fourth-order valence-corrected chi connectivity index (χ4v) is 3.29. The number of hydrogen-bond donors (Lipinski definition) is 0. The molecule has 0 aliphatic rings. The van der Waals surface area contributed by atoms with Gasteiger partial charge in [-0.1, -0.05) is 13.8 Å². The summed E-state index contributed by atoms with van der Waals surface area (Å²) in [5.41, 5.74) is 0. The van der Waals surface area contributed by atoms with Gasteiger partial charge < -0.3 is 0 Å². The van der Waals surface area contributed by atoms with E-state index in [1.54, 1.807) is 0 Å². The second kappa shape index (κ2) is 4.97. The van der Waals surface area contributed by atoms with Crippen molar-refractivity contribution < 1.29 is 12.6 Å². The third-order valence-electron chi connectivity index (χ3n) is 1.38. The van der Waals surface area contributed by atoms with Crippen molar-refractivity contribution in [3.05, 3.63) is 0 Å². The van der Waals surface area contributed by atoms with Crippen LogP contribution in [0.3, 0.4) is 0 Å². The van der Waals surface area contributed by atoms with Crippen molar-refractivity contribution in [3.63, 3.8) is 0 Å². The van der Waals surface area contributed by atoms with Crippen LogP contribution in [-0.2, 0) is 20.6 Å². The van der Waals surface area contributed by atoms with E-state index in [0.29, 0.717) is 11.5 Å². The summed E-state index contributed by atoms with van der Waals surface area (Å²) in [5.74, 6) is 1.23. The molecule has 0 fully saturated rings. The summed E-state index contributed by atoms with van der Waals surface area (Å²) >= 11 is 0. The predicted molar refractivity (Wildman–Crippen MR) is 52.4 cm³/mol. The lowest BCUT2D eigenvalue weighted by Gasteiger charge is -2.07. The Morgan fingerprint density at radius 2 is 1.92 bits per heavy atom. The molecule has 5 heteroatoms. The van der Waals surface area contributed by atoms with Crippen LogP contribution < -0.4 is 0 Å². The quantitative estimate of drug-likeness (QED) is 0.664. The molecular formula is C7H16O3S2. The molecule has 0 aliphatic heterocycles. The second-order valence-electron chi connectivity index (χ2n) is 3.09. The molecule has 0 aromatic carbocycles. The average molecular weight is 212 g/mol. The molecule has 0 amide bonds. The third kappa shape index (κ3) is 6.79. The Morgan fingerprint density at radius 1 is 1.42 bits per heavy atom. The maximum absolute atomic E-state index is 11.0. The highest BCUT2D eigenvalue weighted by Crippen LogP contribution is 2.02. The Labute approximate surface area is 76.9 Å². The molecule has 0 aromatic heterocycles. The Morgan fingerprint density at radius 3 is 2.25 bits per heavy atom. The highest BCUT2D eigenvalue weighted by Gasteiger charge is 2.12. The van der Waals surface area contributed by atoms with Gasteiger partial charge in [0.1, 0.15) is 9.84 Å². The first-order valence-corrected chi connectivity index (χ1v) is 7.42. The standard InChI is InChI=1S/C7H16O3S2/c1-4-11(8)5-7(2)6-12(3,9)10/h7H,4-6H2,1-3H3/t7-,11-/m1/s1. The summed E-state index contributed by atoms with van der Waals surface area (Å²) in [6.07, 6.45) is 1.21. The van der Waals surface area contributed by atoms with Crippen molar-refractivity contribution in [1.29, 1.82) is 0 Å². The van der Waals surface area contributed by atoms with Gasteiger partial charge in [-0.15, -0.1) is 0 Å². The lowest BCUT2D eigenvalue weighted by atomic mass is 10.3. The highest BCUT2D eigenvalue weighted by molar-refractivity contribution is 7.90. The summed E-state index contributed by atoms with van der Waals surface area (Å²) in [6.45, 7) is 3.65. The molecule has 2 atom stereocenters. The van der Waals surface area contributed by atoms with Crippen molar-refractivity contribution in [2.24, 2.45) is 5.92 Å². The fourth-order valence-electron chi connectivity index (χ4n) is 1.00. The molecule has 0 unspecified atom stereocenters. The number of sulfone groups is 1. The van der Waals surface area contributed by atoms with Crippen LogP contribution in [0.4, 0.5) is 0 Å². The lowest BCUT2D eigenvalue weighted by Crippen LogP contribution is -2.18. The molecule has 3 nitrogen and oxygen atoms in total. The molecule has 74 valence electrons. The Kier molecular flexibility index (Phi) is 5.01. The highest BCUT2D eigenvalue weighted by atomic mass is 32.2. The van der Waals surface area contributed by atoms with Gasteiger partial charge in [0.25, 0.3) is 0 Å². The molecule has 0 aromatic rings. The molecule has 0 bridgehead atoms. The first-order valence-electron chi connectivity index (χ1n) is 3.88. The molecule has 0 aliphatic carbocycles. The molecule has 0 spiro atoms. The molecule has 0 heterocycles. The van der Waals surface area contributed by atoms with Crippen molar-refractivity contribution in [2.45, 2.75) is 13.8 Å². The van der Waals surface area contributed by atoms with Crippen LogP contribution in [0.1, 0.15) is 13.8 Å². The normalized spacial score (nSPS) is 17.2. The average Bonchev–Trinajstić information content (AvgIpc) is 1.82. The van der Waals surface area contributed by atoms with E-state index >= 15 is 0 Å². The van der Waals surface area contributed by atoms with E-state index in [-0.39, 0.29) is 11.7 Å². The van der Waals surface area contributed by atoms with Gasteiger partial charge in [-0.3, -0.25) is 4.21 Å². The maximum atomic E-state index is 11.0. The van der Waals surface area contributed by atoms with Crippen molar-refractivity contribution in [2.75, 3.05) is 23.5 Å². The van der Waals surface area contributed by atoms with E-state index in [2.05, 4.69) is 0 Å². The van der Waals surface area contributed by atoms with Gasteiger partial charge in [0, 0.05) is 28.6 Å². The van der Waals surface area contributed by atoms with Crippen molar-refractivity contribution in [3.8, 4) is 0 Å². The molecule has 0 rings (SSSR count). The molecule has 0 N–H and O–H groups in total. The zero-order valence-electron chi connectivity index (χ0n) is 7.74. The fraction of sp³-hybridized carbons (Fsp3) is 1.00. The van der Waals surface area contributed by atoms with Crippen LogP contribution in [-0.4, -0.2) is 36.1 Å². The smallest absolute Gasteiger partial charge is 0.147 e. The zero-order chi connectivity index (χ0) is 9.78. The van der Waals surface area contributed by atoms with E-state index in [4.69, 9.17) is 0 Å². The van der Waals surface area contributed by atoms with Crippen molar-refractivity contribution in [1.82, 2.24) is 0 Å². The van der Waals surface area contributed by atoms with Gasteiger partial charge in [-0.2, -0.15) is 0 Å². The Balaban J connectivity index is 3.91. The number of rotatable bonds is 5. The maximum Gasteiger partial charge on any atom is 0.147 e. The Hall–Kier alpha value is 0.1000. The van der Waals surface area contributed by atoms with E-state index in [9.17, 15) is 12.6 Å². The first-order chi connectivity index (χ1) is 5.35. The zero-order valence-corrected chi connectivity index (χ0v) is 9.37.